The second-order valence-electron chi connectivity index (χ2n) is 4.24. The molecule has 0 aliphatic rings. The van der Waals surface area contributed by atoms with Crippen LogP contribution < -0.4 is 4.74 Å². The molecule has 5 nitrogen and oxygen atoms in total. The van der Waals surface area contributed by atoms with Crippen molar-refractivity contribution in [1.29, 1.82) is 0 Å². The van der Waals surface area contributed by atoms with Crippen molar-refractivity contribution in [2.45, 2.75) is 20.0 Å². The van der Waals surface area contributed by atoms with E-state index in [0.717, 1.165) is 0 Å². The van der Waals surface area contributed by atoms with Crippen LogP contribution in [-0.2, 0) is 9.53 Å². The SMILES string of the molecule is CCOC(=O)c1ccc(OC(C)C(=O)N(C)C)cc1. The van der Waals surface area contributed by atoms with Gasteiger partial charge >= 0.3 is 5.97 Å². The number of carbonyl (C=O) groups excluding carboxylic acids is 2. The maximum Gasteiger partial charge on any atom is 0.338 e. The number of ether oxygens (including phenoxy) is 2. The number of rotatable bonds is 5. The Hall–Kier alpha value is -2.04. The van der Waals surface area contributed by atoms with Gasteiger partial charge in [-0.1, -0.05) is 0 Å². The summed E-state index contributed by atoms with van der Waals surface area (Å²) in [4.78, 5) is 24.6. The predicted octanol–water partition coefficient (Wildman–Crippen LogP) is 1.72. The number of esters is 1. The molecule has 0 spiro atoms. The molecule has 0 radical (unpaired) electrons. The standard InChI is InChI=1S/C14H19NO4/c1-5-18-14(17)11-6-8-12(9-7-11)19-10(2)13(16)15(3)4/h6-10H,5H2,1-4H3. The van der Waals surface area contributed by atoms with Crippen LogP contribution in [0.3, 0.4) is 0 Å². The van der Waals surface area contributed by atoms with Crippen molar-refractivity contribution in [2.24, 2.45) is 0 Å². The summed E-state index contributed by atoms with van der Waals surface area (Å²) in [5.74, 6) is 0.0525. The zero-order valence-electron chi connectivity index (χ0n) is 11.7. The molecule has 0 saturated carbocycles. The van der Waals surface area contributed by atoms with Gasteiger partial charge in [0.15, 0.2) is 6.10 Å². The van der Waals surface area contributed by atoms with Gasteiger partial charge in [0, 0.05) is 14.1 Å². The number of benzene rings is 1. The molecule has 1 rings (SSSR count). The van der Waals surface area contributed by atoms with Crippen molar-refractivity contribution in [3.8, 4) is 5.75 Å². The molecule has 1 aromatic rings. The van der Waals surface area contributed by atoms with Gasteiger partial charge in [0.25, 0.3) is 5.91 Å². The maximum atomic E-state index is 11.6. The summed E-state index contributed by atoms with van der Waals surface area (Å²) in [7, 11) is 3.35. The Morgan fingerprint density at radius 1 is 1.21 bits per heavy atom. The molecule has 0 N–H and O–H groups in total. The molecule has 0 aromatic heterocycles. The van der Waals surface area contributed by atoms with Crippen molar-refractivity contribution >= 4 is 11.9 Å². The van der Waals surface area contributed by atoms with E-state index in [-0.39, 0.29) is 11.9 Å². The summed E-state index contributed by atoms with van der Waals surface area (Å²) in [5.41, 5.74) is 0.459. The lowest BCUT2D eigenvalue weighted by atomic mass is 10.2. The highest BCUT2D eigenvalue weighted by Crippen LogP contribution is 2.15. The van der Waals surface area contributed by atoms with Crippen LogP contribution in [0.25, 0.3) is 0 Å². The largest absolute Gasteiger partial charge is 0.481 e. The van der Waals surface area contributed by atoms with Gasteiger partial charge in [0.05, 0.1) is 12.2 Å². The molecule has 1 amide bonds. The lowest BCUT2D eigenvalue weighted by Crippen LogP contribution is -2.35. The Labute approximate surface area is 113 Å². The molecule has 0 aliphatic heterocycles. The zero-order chi connectivity index (χ0) is 14.4. The van der Waals surface area contributed by atoms with E-state index in [1.165, 1.54) is 4.90 Å². The molecule has 0 bridgehead atoms. The first kappa shape index (κ1) is 15.0. The van der Waals surface area contributed by atoms with Crippen LogP contribution in [0.2, 0.25) is 0 Å². The Morgan fingerprint density at radius 2 is 1.79 bits per heavy atom. The van der Waals surface area contributed by atoms with E-state index in [0.29, 0.717) is 17.9 Å². The predicted molar refractivity (Wildman–Crippen MR) is 71.2 cm³/mol. The molecular weight excluding hydrogens is 246 g/mol. The zero-order valence-corrected chi connectivity index (χ0v) is 11.7. The third-order valence-electron chi connectivity index (χ3n) is 2.47. The van der Waals surface area contributed by atoms with Crippen molar-refractivity contribution in [3.05, 3.63) is 29.8 Å². The van der Waals surface area contributed by atoms with Gasteiger partial charge in [-0.05, 0) is 38.1 Å². The lowest BCUT2D eigenvalue weighted by molar-refractivity contribution is -0.135. The van der Waals surface area contributed by atoms with Crippen molar-refractivity contribution in [2.75, 3.05) is 20.7 Å². The van der Waals surface area contributed by atoms with Gasteiger partial charge in [-0.25, -0.2) is 4.79 Å². The smallest absolute Gasteiger partial charge is 0.338 e. The van der Waals surface area contributed by atoms with Crippen LogP contribution >= 0.6 is 0 Å². The fraction of sp³-hybridized carbons (Fsp3) is 0.429. The van der Waals surface area contributed by atoms with Gasteiger partial charge in [0.1, 0.15) is 5.75 Å². The molecule has 1 aromatic carbocycles. The second kappa shape index (κ2) is 6.78. The summed E-state index contributed by atoms with van der Waals surface area (Å²) in [6, 6.07) is 6.51. The van der Waals surface area contributed by atoms with Crippen LogP contribution in [0.4, 0.5) is 0 Å². The summed E-state index contributed by atoms with van der Waals surface area (Å²) in [6.07, 6.45) is -0.566. The van der Waals surface area contributed by atoms with Crippen LogP contribution in [0, 0.1) is 0 Å². The highest BCUT2D eigenvalue weighted by Gasteiger charge is 2.16. The van der Waals surface area contributed by atoms with E-state index in [1.807, 2.05) is 0 Å². The van der Waals surface area contributed by atoms with Gasteiger partial charge < -0.3 is 14.4 Å². The third kappa shape index (κ3) is 4.28. The number of likely N-dealkylation sites (N-methyl/N-ethyl adjacent to an activating group) is 1. The minimum atomic E-state index is -0.566. The van der Waals surface area contributed by atoms with Crippen LogP contribution in [0.5, 0.6) is 5.75 Å². The van der Waals surface area contributed by atoms with Gasteiger partial charge in [0.2, 0.25) is 0 Å². The molecule has 104 valence electrons. The average Bonchev–Trinajstić information content (AvgIpc) is 2.38. The lowest BCUT2D eigenvalue weighted by Gasteiger charge is -2.18. The number of hydrogen-bond acceptors (Lipinski definition) is 4. The van der Waals surface area contributed by atoms with Gasteiger partial charge in [-0.2, -0.15) is 0 Å². The Balaban J connectivity index is 2.67. The molecule has 19 heavy (non-hydrogen) atoms. The molecular formula is C14H19NO4. The molecule has 1 unspecified atom stereocenters. The first-order valence-electron chi connectivity index (χ1n) is 6.10. The second-order valence-corrected chi connectivity index (χ2v) is 4.24. The number of carbonyl (C=O) groups is 2. The molecule has 0 aliphatic carbocycles. The molecule has 0 fully saturated rings. The minimum Gasteiger partial charge on any atom is -0.481 e. The van der Waals surface area contributed by atoms with E-state index < -0.39 is 6.10 Å². The summed E-state index contributed by atoms with van der Waals surface area (Å²) in [5, 5.41) is 0. The fourth-order valence-electron chi connectivity index (χ4n) is 1.50. The van der Waals surface area contributed by atoms with E-state index in [9.17, 15) is 9.59 Å². The number of hydrogen-bond donors (Lipinski definition) is 0. The first-order chi connectivity index (χ1) is 8.95. The topological polar surface area (TPSA) is 55.8 Å². The highest BCUT2D eigenvalue weighted by atomic mass is 16.5. The van der Waals surface area contributed by atoms with E-state index >= 15 is 0 Å². The number of nitrogens with zero attached hydrogens (tertiary/aromatic N) is 1. The van der Waals surface area contributed by atoms with Crippen LogP contribution in [0.15, 0.2) is 24.3 Å². The first-order valence-corrected chi connectivity index (χ1v) is 6.10. The van der Waals surface area contributed by atoms with E-state index in [4.69, 9.17) is 9.47 Å². The minimum absolute atomic E-state index is 0.116. The molecule has 0 heterocycles. The third-order valence-corrected chi connectivity index (χ3v) is 2.47. The molecule has 1 atom stereocenters. The fourth-order valence-corrected chi connectivity index (χ4v) is 1.50. The maximum absolute atomic E-state index is 11.6. The average molecular weight is 265 g/mol. The van der Waals surface area contributed by atoms with Crippen molar-refractivity contribution < 1.29 is 19.1 Å². The van der Waals surface area contributed by atoms with Crippen molar-refractivity contribution in [3.63, 3.8) is 0 Å². The van der Waals surface area contributed by atoms with E-state index in [1.54, 1.807) is 52.2 Å². The van der Waals surface area contributed by atoms with Gasteiger partial charge in [-0.3, -0.25) is 4.79 Å². The summed E-state index contributed by atoms with van der Waals surface area (Å²) in [6.45, 7) is 3.77. The summed E-state index contributed by atoms with van der Waals surface area (Å²) < 4.78 is 10.4. The number of amides is 1. The van der Waals surface area contributed by atoms with Crippen LogP contribution in [0.1, 0.15) is 24.2 Å². The molecule has 5 heteroatoms. The quantitative estimate of drug-likeness (QED) is 0.761. The monoisotopic (exact) mass is 265 g/mol. The Bertz CT molecular complexity index is 439. The van der Waals surface area contributed by atoms with Gasteiger partial charge in [-0.15, -0.1) is 0 Å². The normalized spacial score (nSPS) is 11.6. The Morgan fingerprint density at radius 3 is 2.26 bits per heavy atom. The highest BCUT2D eigenvalue weighted by molar-refractivity contribution is 5.89. The Kier molecular flexibility index (Phi) is 5.36. The molecule has 0 saturated heterocycles. The van der Waals surface area contributed by atoms with Crippen LogP contribution in [-0.4, -0.2) is 43.6 Å². The van der Waals surface area contributed by atoms with Crippen molar-refractivity contribution in [1.82, 2.24) is 4.90 Å². The summed E-state index contributed by atoms with van der Waals surface area (Å²) >= 11 is 0. The van der Waals surface area contributed by atoms with E-state index in [2.05, 4.69) is 0 Å².